The Kier molecular flexibility index (Phi) is 7.84. The molecule has 1 nitrogen and oxygen atoms in total. The van der Waals surface area contributed by atoms with Gasteiger partial charge in [-0.05, 0) is 86.9 Å². The standard InChI is InChI=1S/C25H47N/c1-7-9-10-11-22-13-12-19(3)25(22,6)16-14-20(4)24(5)17-15-23(26)18-21(24)8-2/h8,19-20,22-23H,7,9-18,26H2,1-6H3/b21-8-/t19?,20?,22?,23?,24-,25+/m1/s1. The molecule has 0 spiro atoms. The van der Waals surface area contributed by atoms with Crippen LogP contribution in [0.4, 0.5) is 0 Å². The number of nitrogens with two attached hydrogens (primary N) is 1. The molecule has 26 heavy (non-hydrogen) atoms. The van der Waals surface area contributed by atoms with Gasteiger partial charge in [0.05, 0.1) is 0 Å². The van der Waals surface area contributed by atoms with Gasteiger partial charge in [-0.15, -0.1) is 0 Å². The first-order chi connectivity index (χ1) is 12.3. The third-order valence-electron chi connectivity index (χ3n) is 8.96. The summed E-state index contributed by atoms with van der Waals surface area (Å²) in [5.74, 6) is 2.63. The third-order valence-corrected chi connectivity index (χ3v) is 8.96. The van der Waals surface area contributed by atoms with Crippen molar-refractivity contribution >= 4 is 0 Å². The minimum Gasteiger partial charge on any atom is -0.327 e. The van der Waals surface area contributed by atoms with Crippen LogP contribution < -0.4 is 5.73 Å². The molecule has 0 saturated heterocycles. The van der Waals surface area contributed by atoms with Crippen molar-refractivity contribution in [2.75, 3.05) is 0 Å². The van der Waals surface area contributed by atoms with Crippen molar-refractivity contribution in [3.63, 3.8) is 0 Å². The number of hydrogen-bond acceptors (Lipinski definition) is 1. The minimum atomic E-state index is 0.376. The molecule has 4 unspecified atom stereocenters. The van der Waals surface area contributed by atoms with Crippen LogP contribution in [0.3, 0.4) is 0 Å². The van der Waals surface area contributed by atoms with Gasteiger partial charge in [0.2, 0.25) is 0 Å². The van der Waals surface area contributed by atoms with Crippen molar-refractivity contribution in [2.45, 2.75) is 118 Å². The summed E-state index contributed by atoms with van der Waals surface area (Å²) in [6.07, 6.45) is 17.4. The lowest BCUT2D eigenvalue weighted by Crippen LogP contribution is -2.39. The number of rotatable bonds is 8. The van der Waals surface area contributed by atoms with E-state index >= 15 is 0 Å². The molecular weight excluding hydrogens is 314 g/mol. The molecule has 2 rings (SSSR count). The summed E-state index contributed by atoms with van der Waals surface area (Å²) in [5, 5.41) is 0. The highest BCUT2D eigenvalue weighted by Crippen LogP contribution is 2.55. The van der Waals surface area contributed by atoms with Gasteiger partial charge in [-0.25, -0.2) is 0 Å². The Morgan fingerprint density at radius 1 is 1.19 bits per heavy atom. The first-order valence-electron chi connectivity index (χ1n) is 11.7. The van der Waals surface area contributed by atoms with Crippen LogP contribution in [-0.2, 0) is 0 Å². The van der Waals surface area contributed by atoms with E-state index < -0.39 is 0 Å². The second-order valence-electron chi connectivity index (χ2n) is 10.4. The van der Waals surface area contributed by atoms with Gasteiger partial charge in [0.25, 0.3) is 0 Å². The maximum absolute atomic E-state index is 6.27. The van der Waals surface area contributed by atoms with Crippen LogP contribution in [0.15, 0.2) is 11.6 Å². The second kappa shape index (κ2) is 9.26. The van der Waals surface area contributed by atoms with Gasteiger partial charge in [0, 0.05) is 6.04 Å². The van der Waals surface area contributed by atoms with Crippen LogP contribution >= 0.6 is 0 Å². The van der Waals surface area contributed by atoms with E-state index in [-0.39, 0.29) is 0 Å². The van der Waals surface area contributed by atoms with Gasteiger partial charge in [-0.2, -0.15) is 0 Å². The van der Waals surface area contributed by atoms with E-state index in [0.29, 0.717) is 16.9 Å². The zero-order valence-corrected chi connectivity index (χ0v) is 18.7. The molecule has 0 bridgehead atoms. The van der Waals surface area contributed by atoms with Crippen molar-refractivity contribution in [3.8, 4) is 0 Å². The van der Waals surface area contributed by atoms with Crippen LogP contribution in [0.5, 0.6) is 0 Å². The monoisotopic (exact) mass is 361 g/mol. The second-order valence-corrected chi connectivity index (χ2v) is 10.4. The molecule has 0 heterocycles. The molecule has 0 radical (unpaired) electrons. The van der Waals surface area contributed by atoms with Crippen molar-refractivity contribution in [1.29, 1.82) is 0 Å². The fourth-order valence-electron chi connectivity index (χ4n) is 6.20. The maximum atomic E-state index is 6.27. The number of allylic oxidation sites excluding steroid dienone is 1. The minimum absolute atomic E-state index is 0.376. The molecule has 152 valence electrons. The molecule has 0 aliphatic heterocycles. The average Bonchev–Trinajstić information content (AvgIpc) is 2.90. The van der Waals surface area contributed by atoms with E-state index in [1.54, 1.807) is 5.57 Å². The highest BCUT2D eigenvalue weighted by molar-refractivity contribution is 5.18. The summed E-state index contributed by atoms with van der Waals surface area (Å²) in [6, 6.07) is 0.386. The molecule has 2 fully saturated rings. The van der Waals surface area contributed by atoms with Gasteiger partial charge >= 0.3 is 0 Å². The fourth-order valence-corrected chi connectivity index (χ4v) is 6.20. The third kappa shape index (κ3) is 4.57. The lowest BCUT2D eigenvalue weighted by molar-refractivity contribution is 0.104. The van der Waals surface area contributed by atoms with E-state index in [1.165, 1.54) is 64.2 Å². The molecule has 2 N–H and O–H groups in total. The molecule has 2 aliphatic rings. The SMILES string of the molecule is C/C=C1/CC(N)CC[C@]1(C)C(C)CC[C@@]1(C)C(C)CCC1CCCCC. The Morgan fingerprint density at radius 2 is 1.92 bits per heavy atom. The lowest BCUT2D eigenvalue weighted by atomic mass is 9.60. The van der Waals surface area contributed by atoms with E-state index in [2.05, 4.69) is 47.6 Å². The normalized spacial score (nSPS) is 40.9. The van der Waals surface area contributed by atoms with Crippen molar-refractivity contribution in [1.82, 2.24) is 0 Å². The van der Waals surface area contributed by atoms with E-state index in [1.807, 2.05) is 0 Å². The molecule has 0 amide bonds. The lowest BCUT2D eigenvalue weighted by Gasteiger charge is -2.45. The van der Waals surface area contributed by atoms with E-state index in [9.17, 15) is 0 Å². The first kappa shape index (κ1) is 22.0. The van der Waals surface area contributed by atoms with Gasteiger partial charge in [-0.3, -0.25) is 0 Å². The largest absolute Gasteiger partial charge is 0.327 e. The predicted octanol–water partition coefficient (Wildman–Crippen LogP) is 7.50. The molecule has 0 aromatic carbocycles. The van der Waals surface area contributed by atoms with Gasteiger partial charge in [-0.1, -0.05) is 65.5 Å². The predicted molar refractivity (Wildman–Crippen MR) is 116 cm³/mol. The summed E-state index contributed by atoms with van der Waals surface area (Å²) in [6.45, 7) is 14.8. The van der Waals surface area contributed by atoms with E-state index in [0.717, 1.165) is 24.2 Å². The van der Waals surface area contributed by atoms with Crippen LogP contribution in [0, 0.1) is 28.6 Å². The van der Waals surface area contributed by atoms with Gasteiger partial charge in [0.1, 0.15) is 0 Å². The van der Waals surface area contributed by atoms with Gasteiger partial charge < -0.3 is 5.73 Å². The Labute approximate surface area is 164 Å². The summed E-state index contributed by atoms with van der Waals surface area (Å²) in [7, 11) is 0. The smallest absolute Gasteiger partial charge is 0.00766 e. The average molecular weight is 362 g/mol. The topological polar surface area (TPSA) is 26.0 Å². The summed E-state index contributed by atoms with van der Waals surface area (Å²) in [4.78, 5) is 0. The van der Waals surface area contributed by atoms with Crippen LogP contribution in [-0.4, -0.2) is 6.04 Å². The molecule has 2 aliphatic carbocycles. The zero-order valence-electron chi connectivity index (χ0n) is 18.7. The molecule has 6 atom stereocenters. The first-order valence-corrected chi connectivity index (χ1v) is 11.7. The maximum Gasteiger partial charge on any atom is 0.00766 e. The number of hydrogen-bond donors (Lipinski definition) is 1. The quantitative estimate of drug-likeness (QED) is 0.351. The Morgan fingerprint density at radius 3 is 2.58 bits per heavy atom. The molecule has 1 heteroatoms. The Balaban J connectivity index is 2.00. The summed E-state index contributed by atoms with van der Waals surface area (Å²) in [5.41, 5.74) is 8.85. The summed E-state index contributed by atoms with van der Waals surface area (Å²) >= 11 is 0. The van der Waals surface area contributed by atoms with Crippen molar-refractivity contribution in [2.24, 2.45) is 34.3 Å². The van der Waals surface area contributed by atoms with Crippen molar-refractivity contribution < 1.29 is 0 Å². The zero-order chi connectivity index (χ0) is 19.4. The molecule has 0 aromatic heterocycles. The van der Waals surface area contributed by atoms with Gasteiger partial charge in [0.15, 0.2) is 0 Å². The van der Waals surface area contributed by atoms with Crippen molar-refractivity contribution in [3.05, 3.63) is 11.6 Å². The highest BCUT2D eigenvalue weighted by Gasteiger charge is 2.45. The molecule has 2 saturated carbocycles. The summed E-state index contributed by atoms with van der Waals surface area (Å²) < 4.78 is 0. The Hall–Kier alpha value is -0.300. The van der Waals surface area contributed by atoms with Crippen LogP contribution in [0.1, 0.15) is 112 Å². The van der Waals surface area contributed by atoms with Crippen LogP contribution in [0.25, 0.3) is 0 Å². The van der Waals surface area contributed by atoms with E-state index in [4.69, 9.17) is 5.73 Å². The Bertz CT molecular complexity index is 467. The van der Waals surface area contributed by atoms with Crippen LogP contribution in [0.2, 0.25) is 0 Å². The molecular formula is C25H47N. The fraction of sp³-hybridized carbons (Fsp3) is 0.920. The highest BCUT2D eigenvalue weighted by atomic mass is 14.7. The number of unbranched alkanes of at least 4 members (excludes halogenated alkanes) is 2. The molecule has 0 aromatic rings.